The van der Waals surface area contributed by atoms with Crippen LogP contribution in [0.15, 0.2) is 0 Å². The van der Waals surface area contributed by atoms with Gasteiger partial charge in [-0.2, -0.15) is 0 Å². The number of halogens is 1. The number of carbonyl (C=O) groups is 1. The SMILES string of the molecule is CCOC(=O)c1nc(Cl)c(C2CCCC2)nc1C. The number of ether oxygens (including phenoxy) is 1. The highest BCUT2D eigenvalue weighted by Gasteiger charge is 2.24. The van der Waals surface area contributed by atoms with Crippen LogP contribution in [0, 0.1) is 6.92 Å². The van der Waals surface area contributed by atoms with Crippen LogP contribution in [0.2, 0.25) is 5.15 Å². The Bertz CT molecular complexity index is 457. The average molecular weight is 269 g/mol. The monoisotopic (exact) mass is 268 g/mol. The van der Waals surface area contributed by atoms with E-state index in [1.807, 2.05) is 0 Å². The molecule has 0 unspecified atom stereocenters. The van der Waals surface area contributed by atoms with E-state index in [-0.39, 0.29) is 5.69 Å². The average Bonchev–Trinajstić information content (AvgIpc) is 2.85. The first kappa shape index (κ1) is 13.3. The van der Waals surface area contributed by atoms with Gasteiger partial charge in [0, 0.05) is 5.92 Å². The van der Waals surface area contributed by atoms with Gasteiger partial charge in [-0.05, 0) is 26.7 Å². The summed E-state index contributed by atoms with van der Waals surface area (Å²) in [4.78, 5) is 20.3. The van der Waals surface area contributed by atoms with Crippen molar-refractivity contribution in [2.75, 3.05) is 6.61 Å². The van der Waals surface area contributed by atoms with Crippen molar-refractivity contribution < 1.29 is 9.53 Å². The summed E-state index contributed by atoms with van der Waals surface area (Å²) in [5.41, 5.74) is 1.66. The molecular formula is C13H17ClN2O2. The molecule has 18 heavy (non-hydrogen) atoms. The maximum Gasteiger partial charge on any atom is 0.358 e. The Hall–Kier alpha value is -1.16. The van der Waals surface area contributed by atoms with Crippen molar-refractivity contribution in [2.24, 2.45) is 0 Å². The van der Waals surface area contributed by atoms with Crippen LogP contribution >= 0.6 is 11.6 Å². The highest BCUT2D eigenvalue weighted by molar-refractivity contribution is 6.30. The van der Waals surface area contributed by atoms with Gasteiger partial charge in [-0.25, -0.2) is 9.78 Å². The summed E-state index contributed by atoms with van der Waals surface area (Å²) in [5, 5.41) is 0.343. The van der Waals surface area contributed by atoms with E-state index < -0.39 is 5.97 Å². The van der Waals surface area contributed by atoms with Crippen LogP contribution in [0.3, 0.4) is 0 Å². The molecule has 0 radical (unpaired) electrons. The lowest BCUT2D eigenvalue weighted by molar-refractivity contribution is 0.0518. The highest BCUT2D eigenvalue weighted by atomic mass is 35.5. The molecule has 1 saturated carbocycles. The minimum Gasteiger partial charge on any atom is -0.461 e. The normalized spacial score (nSPS) is 15.9. The van der Waals surface area contributed by atoms with Crippen LogP contribution in [-0.4, -0.2) is 22.5 Å². The van der Waals surface area contributed by atoms with Crippen LogP contribution in [-0.2, 0) is 4.74 Å². The Morgan fingerprint density at radius 3 is 2.67 bits per heavy atom. The molecule has 2 rings (SSSR count). The van der Waals surface area contributed by atoms with Gasteiger partial charge in [0.1, 0.15) is 0 Å². The molecule has 5 heteroatoms. The molecule has 0 aromatic carbocycles. The number of aromatic nitrogens is 2. The lowest BCUT2D eigenvalue weighted by Gasteiger charge is -2.12. The molecule has 98 valence electrons. The van der Waals surface area contributed by atoms with Crippen molar-refractivity contribution in [3.05, 3.63) is 22.2 Å². The molecule has 1 aliphatic carbocycles. The number of hydrogen-bond donors (Lipinski definition) is 0. The topological polar surface area (TPSA) is 52.1 Å². The number of aryl methyl sites for hydroxylation is 1. The molecule has 4 nitrogen and oxygen atoms in total. The molecule has 0 atom stereocenters. The van der Waals surface area contributed by atoms with E-state index >= 15 is 0 Å². The molecule has 0 saturated heterocycles. The number of carbonyl (C=O) groups excluding carboxylic acids is 1. The summed E-state index contributed by atoms with van der Waals surface area (Å²) < 4.78 is 4.93. The molecule has 0 amide bonds. The van der Waals surface area contributed by atoms with Crippen molar-refractivity contribution in [2.45, 2.75) is 45.4 Å². The third-order valence-electron chi connectivity index (χ3n) is 3.26. The fourth-order valence-electron chi connectivity index (χ4n) is 2.37. The number of rotatable bonds is 3. The summed E-state index contributed by atoms with van der Waals surface area (Å²) in [6, 6.07) is 0. The molecule has 1 aromatic heterocycles. The molecule has 1 aromatic rings. The maximum absolute atomic E-state index is 11.7. The molecule has 0 aliphatic heterocycles. The van der Waals surface area contributed by atoms with E-state index in [2.05, 4.69) is 9.97 Å². The van der Waals surface area contributed by atoms with Crippen molar-refractivity contribution >= 4 is 17.6 Å². The molecule has 0 bridgehead atoms. The lowest BCUT2D eigenvalue weighted by atomic mass is 10.0. The summed E-state index contributed by atoms with van der Waals surface area (Å²) in [5.74, 6) is -0.0673. The molecule has 0 N–H and O–H groups in total. The Kier molecular flexibility index (Phi) is 4.17. The van der Waals surface area contributed by atoms with E-state index in [1.54, 1.807) is 13.8 Å². The van der Waals surface area contributed by atoms with Crippen LogP contribution in [0.5, 0.6) is 0 Å². The van der Waals surface area contributed by atoms with E-state index in [0.29, 0.717) is 23.4 Å². The molecule has 0 spiro atoms. The van der Waals surface area contributed by atoms with Crippen molar-refractivity contribution in [3.63, 3.8) is 0 Å². The van der Waals surface area contributed by atoms with Crippen molar-refractivity contribution in [3.8, 4) is 0 Å². The Morgan fingerprint density at radius 1 is 1.39 bits per heavy atom. The van der Waals surface area contributed by atoms with Gasteiger partial charge < -0.3 is 4.74 Å². The quantitative estimate of drug-likeness (QED) is 0.790. The summed E-state index contributed by atoms with van der Waals surface area (Å²) in [6.07, 6.45) is 4.63. The third kappa shape index (κ3) is 2.64. The van der Waals surface area contributed by atoms with Gasteiger partial charge in [-0.1, -0.05) is 24.4 Å². The number of nitrogens with zero attached hydrogens (tertiary/aromatic N) is 2. The van der Waals surface area contributed by atoms with E-state index in [9.17, 15) is 4.79 Å². The van der Waals surface area contributed by atoms with Crippen LogP contribution in [0.1, 0.15) is 60.4 Å². The molecule has 1 fully saturated rings. The third-order valence-corrected chi connectivity index (χ3v) is 3.54. The zero-order chi connectivity index (χ0) is 13.1. The van der Waals surface area contributed by atoms with E-state index in [0.717, 1.165) is 18.5 Å². The zero-order valence-corrected chi connectivity index (χ0v) is 11.5. The predicted molar refractivity (Wildman–Crippen MR) is 68.9 cm³/mol. The molecule has 1 aliphatic rings. The first-order valence-electron chi connectivity index (χ1n) is 6.34. The van der Waals surface area contributed by atoms with Crippen LogP contribution in [0.25, 0.3) is 0 Å². The van der Waals surface area contributed by atoms with Gasteiger partial charge in [-0.15, -0.1) is 0 Å². The Morgan fingerprint density at radius 2 is 2.06 bits per heavy atom. The van der Waals surface area contributed by atoms with E-state index in [1.165, 1.54) is 12.8 Å². The summed E-state index contributed by atoms with van der Waals surface area (Å²) in [6.45, 7) is 3.85. The molecule has 1 heterocycles. The minimum absolute atomic E-state index is 0.226. The second kappa shape index (κ2) is 5.65. The number of esters is 1. The maximum atomic E-state index is 11.7. The number of hydrogen-bond acceptors (Lipinski definition) is 4. The van der Waals surface area contributed by atoms with Gasteiger partial charge in [0.05, 0.1) is 18.0 Å². The van der Waals surface area contributed by atoms with Crippen molar-refractivity contribution in [1.82, 2.24) is 9.97 Å². The second-order valence-corrected chi connectivity index (χ2v) is 4.89. The predicted octanol–water partition coefficient (Wildman–Crippen LogP) is 3.27. The fraction of sp³-hybridized carbons (Fsp3) is 0.615. The summed E-state index contributed by atoms with van der Waals surface area (Å²) >= 11 is 6.14. The first-order valence-corrected chi connectivity index (χ1v) is 6.72. The van der Waals surface area contributed by atoms with Crippen LogP contribution in [0.4, 0.5) is 0 Å². The van der Waals surface area contributed by atoms with Gasteiger partial charge in [0.15, 0.2) is 10.8 Å². The lowest BCUT2D eigenvalue weighted by Crippen LogP contribution is -2.13. The zero-order valence-electron chi connectivity index (χ0n) is 10.7. The van der Waals surface area contributed by atoms with Gasteiger partial charge in [0.2, 0.25) is 0 Å². The van der Waals surface area contributed by atoms with Crippen LogP contribution < -0.4 is 0 Å². The van der Waals surface area contributed by atoms with Gasteiger partial charge in [0.25, 0.3) is 0 Å². The molecular weight excluding hydrogens is 252 g/mol. The largest absolute Gasteiger partial charge is 0.461 e. The Balaban J connectivity index is 2.31. The smallest absolute Gasteiger partial charge is 0.358 e. The van der Waals surface area contributed by atoms with E-state index in [4.69, 9.17) is 16.3 Å². The Labute approximate surface area is 112 Å². The van der Waals surface area contributed by atoms with Gasteiger partial charge in [-0.3, -0.25) is 4.98 Å². The van der Waals surface area contributed by atoms with Gasteiger partial charge >= 0.3 is 5.97 Å². The second-order valence-electron chi connectivity index (χ2n) is 4.54. The fourth-order valence-corrected chi connectivity index (χ4v) is 2.65. The standard InChI is InChI=1S/C13H17ClN2O2/c1-3-18-13(17)10-8(2)15-11(12(14)16-10)9-6-4-5-7-9/h9H,3-7H2,1-2H3. The summed E-state index contributed by atoms with van der Waals surface area (Å²) in [7, 11) is 0. The minimum atomic E-state index is -0.456. The first-order chi connectivity index (χ1) is 8.63. The highest BCUT2D eigenvalue weighted by Crippen LogP contribution is 2.36. The van der Waals surface area contributed by atoms with Crippen molar-refractivity contribution in [1.29, 1.82) is 0 Å².